The van der Waals surface area contributed by atoms with Crippen LogP contribution in [0.5, 0.6) is 0 Å². The predicted octanol–water partition coefficient (Wildman–Crippen LogP) is 3.29. The first kappa shape index (κ1) is 14.2. The first-order valence-electron chi connectivity index (χ1n) is 5.76. The lowest BCUT2D eigenvalue weighted by Crippen LogP contribution is -2.20. The van der Waals surface area contributed by atoms with Gasteiger partial charge in [0.25, 0.3) is 0 Å². The van der Waals surface area contributed by atoms with Crippen molar-refractivity contribution in [2.24, 2.45) is 0 Å². The molecule has 0 radical (unpaired) electrons. The second kappa shape index (κ2) is 7.49. The van der Waals surface area contributed by atoms with Gasteiger partial charge in [-0.25, -0.2) is 0 Å². The van der Waals surface area contributed by atoms with E-state index in [1.54, 1.807) is 7.11 Å². The van der Waals surface area contributed by atoms with Crippen LogP contribution in [0.15, 0.2) is 23.8 Å². The van der Waals surface area contributed by atoms with Gasteiger partial charge in [0.1, 0.15) is 0 Å². The molecule has 17 heavy (non-hydrogen) atoms. The van der Waals surface area contributed by atoms with Gasteiger partial charge >= 0.3 is 0 Å². The highest BCUT2D eigenvalue weighted by Gasteiger charge is 1.97. The molecule has 0 fully saturated rings. The van der Waals surface area contributed by atoms with Crippen molar-refractivity contribution >= 4 is 17.7 Å². The largest absolute Gasteiger partial charge is 0.383 e. The third-order valence-electron chi connectivity index (χ3n) is 2.52. The molecular weight excluding hydrogens is 234 g/mol. The molecule has 1 aromatic rings. The topological polar surface area (TPSA) is 21.3 Å². The molecule has 0 aromatic heterocycles. The molecule has 0 bridgehead atoms. The molecule has 0 amide bonds. The molecule has 94 valence electrons. The minimum absolute atomic E-state index is 0.743. The van der Waals surface area contributed by atoms with E-state index in [0.717, 1.165) is 24.7 Å². The number of nitrogens with one attached hydrogen (secondary N) is 1. The molecule has 0 aliphatic heterocycles. The molecule has 1 N–H and O–H groups in total. The van der Waals surface area contributed by atoms with Gasteiger partial charge in [-0.2, -0.15) is 0 Å². The van der Waals surface area contributed by atoms with Crippen LogP contribution in [-0.4, -0.2) is 26.8 Å². The summed E-state index contributed by atoms with van der Waals surface area (Å²) in [4.78, 5) is 0. The Morgan fingerprint density at radius 2 is 2.24 bits per heavy atom. The van der Waals surface area contributed by atoms with Crippen molar-refractivity contribution in [1.29, 1.82) is 0 Å². The zero-order valence-electron chi connectivity index (χ0n) is 10.7. The Hall–Kier alpha value is -0.830. The van der Waals surface area contributed by atoms with Gasteiger partial charge in [0, 0.05) is 25.2 Å². The van der Waals surface area contributed by atoms with Crippen LogP contribution in [0.1, 0.15) is 18.1 Å². The second-order valence-electron chi connectivity index (χ2n) is 4.16. The van der Waals surface area contributed by atoms with Gasteiger partial charge in [0.05, 0.1) is 6.61 Å². The van der Waals surface area contributed by atoms with E-state index < -0.39 is 0 Å². The van der Waals surface area contributed by atoms with Crippen LogP contribution in [0.4, 0.5) is 0 Å². The smallest absolute Gasteiger partial charge is 0.0587 e. The Morgan fingerprint density at radius 3 is 2.88 bits per heavy atom. The summed E-state index contributed by atoms with van der Waals surface area (Å²) in [5.41, 5.74) is 3.72. The van der Waals surface area contributed by atoms with Crippen LogP contribution < -0.4 is 5.32 Å². The summed E-state index contributed by atoms with van der Waals surface area (Å²) in [7, 11) is 1.71. The van der Waals surface area contributed by atoms with Gasteiger partial charge in [-0.1, -0.05) is 29.3 Å². The molecule has 3 heteroatoms. The van der Waals surface area contributed by atoms with Crippen molar-refractivity contribution in [3.05, 3.63) is 39.9 Å². The lowest BCUT2D eigenvalue weighted by atomic mass is 10.1. The minimum atomic E-state index is 0.743. The van der Waals surface area contributed by atoms with E-state index in [0.29, 0.717) is 0 Å². The van der Waals surface area contributed by atoms with Gasteiger partial charge in [-0.15, -0.1) is 0 Å². The van der Waals surface area contributed by atoms with Gasteiger partial charge < -0.3 is 10.1 Å². The molecule has 1 aromatic carbocycles. The minimum Gasteiger partial charge on any atom is -0.383 e. The maximum atomic E-state index is 5.92. The van der Waals surface area contributed by atoms with Crippen LogP contribution in [-0.2, 0) is 4.74 Å². The standard InChI is InChI=1S/C14H20ClNO/c1-11(10-16-6-7-17-3)8-13-4-5-14(15)9-12(13)2/h4-5,8-9,16H,6-7,10H2,1-3H3/b11-8+. The van der Waals surface area contributed by atoms with Crippen molar-refractivity contribution in [2.45, 2.75) is 13.8 Å². The van der Waals surface area contributed by atoms with Gasteiger partial charge in [-0.05, 0) is 37.1 Å². The first-order chi connectivity index (χ1) is 8.13. The Balaban J connectivity index is 2.55. The number of methoxy groups -OCH3 is 1. The number of ether oxygens (including phenoxy) is 1. The fourth-order valence-electron chi connectivity index (χ4n) is 1.58. The van der Waals surface area contributed by atoms with Crippen LogP contribution in [0.2, 0.25) is 5.02 Å². The van der Waals surface area contributed by atoms with E-state index in [1.807, 2.05) is 12.1 Å². The Labute approximate surface area is 109 Å². The third-order valence-corrected chi connectivity index (χ3v) is 2.76. The van der Waals surface area contributed by atoms with Gasteiger partial charge in [0.15, 0.2) is 0 Å². The van der Waals surface area contributed by atoms with Crippen molar-refractivity contribution < 1.29 is 4.74 Å². The number of halogens is 1. The van der Waals surface area contributed by atoms with Crippen LogP contribution in [0, 0.1) is 6.92 Å². The summed E-state index contributed by atoms with van der Waals surface area (Å²) < 4.78 is 4.98. The van der Waals surface area contributed by atoms with Crippen LogP contribution >= 0.6 is 11.6 Å². The van der Waals surface area contributed by atoms with Crippen molar-refractivity contribution in [3.63, 3.8) is 0 Å². The lowest BCUT2D eigenvalue weighted by molar-refractivity contribution is 0.200. The molecule has 0 aliphatic carbocycles. The number of hydrogen-bond acceptors (Lipinski definition) is 2. The summed E-state index contributed by atoms with van der Waals surface area (Å²) >= 11 is 5.92. The maximum Gasteiger partial charge on any atom is 0.0587 e. The molecule has 0 heterocycles. The fourth-order valence-corrected chi connectivity index (χ4v) is 1.80. The summed E-state index contributed by atoms with van der Waals surface area (Å²) in [6, 6.07) is 5.96. The highest BCUT2D eigenvalue weighted by atomic mass is 35.5. The predicted molar refractivity (Wildman–Crippen MR) is 74.6 cm³/mol. The van der Waals surface area contributed by atoms with E-state index in [2.05, 4.69) is 31.3 Å². The number of benzene rings is 1. The summed E-state index contributed by atoms with van der Waals surface area (Å²) in [6.07, 6.45) is 2.19. The number of hydrogen-bond donors (Lipinski definition) is 1. The van der Waals surface area contributed by atoms with Crippen molar-refractivity contribution in [3.8, 4) is 0 Å². The van der Waals surface area contributed by atoms with E-state index in [-0.39, 0.29) is 0 Å². The van der Waals surface area contributed by atoms with E-state index >= 15 is 0 Å². The first-order valence-corrected chi connectivity index (χ1v) is 6.14. The molecule has 0 saturated heterocycles. The normalized spacial score (nSPS) is 11.9. The van der Waals surface area contributed by atoms with E-state index in [1.165, 1.54) is 16.7 Å². The molecule has 0 unspecified atom stereocenters. The van der Waals surface area contributed by atoms with Crippen molar-refractivity contribution in [1.82, 2.24) is 5.32 Å². The van der Waals surface area contributed by atoms with Crippen LogP contribution in [0.25, 0.3) is 6.08 Å². The number of aryl methyl sites for hydroxylation is 1. The molecule has 0 spiro atoms. The molecule has 0 atom stereocenters. The van der Waals surface area contributed by atoms with Crippen LogP contribution in [0.3, 0.4) is 0 Å². The Morgan fingerprint density at radius 1 is 1.47 bits per heavy atom. The summed E-state index contributed by atoms with van der Waals surface area (Å²) in [5.74, 6) is 0. The van der Waals surface area contributed by atoms with E-state index in [9.17, 15) is 0 Å². The molecular formula is C14H20ClNO. The summed E-state index contributed by atoms with van der Waals surface area (Å²) in [6.45, 7) is 6.69. The molecule has 1 rings (SSSR count). The lowest BCUT2D eigenvalue weighted by Gasteiger charge is -2.06. The molecule has 0 aliphatic rings. The Kier molecular flexibility index (Phi) is 6.27. The second-order valence-corrected chi connectivity index (χ2v) is 4.60. The highest BCUT2D eigenvalue weighted by Crippen LogP contribution is 2.17. The zero-order chi connectivity index (χ0) is 12.7. The maximum absolute atomic E-state index is 5.92. The highest BCUT2D eigenvalue weighted by molar-refractivity contribution is 6.30. The SMILES string of the molecule is COCCNC/C(C)=C/c1ccc(Cl)cc1C. The van der Waals surface area contributed by atoms with Gasteiger partial charge in [-0.3, -0.25) is 0 Å². The summed E-state index contributed by atoms with van der Waals surface area (Å²) in [5, 5.41) is 4.11. The van der Waals surface area contributed by atoms with E-state index in [4.69, 9.17) is 16.3 Å². The Bertz CT molecular complexity index is 388. The average molecular weight is 254 g/mol. The number of rotatable bonds is 6. The zero-order valence-corrected chi connectivity index (χ0v) is 11.5. The molecule has 0 saturated carbocycles. The monoisotopic (exact) mass is 253 g/mol. The average Bonchev–Trinajstić information content (AvgIpc) is 2.28. The quantitative estimate of drug-likeness (QED) is 0.786. The third kappa shape index (κ3) is 5.35. The van der Waals surface area contributed by atoms with Gasteiger partial charge in [0.2, 0.25) is 0 Å². The van der Waals surface area contributed by atoms with Crippen molar-refractivity contribution in [2.75, 3.05) is 26.8 Å². The fraction of sp³-hybridized carbons (Fsp3) is 0.429. The molecule has 2 nitrogen and oxygen atoms in total.